The molecular weight excluding hydrogens is 369 g/mol. The quantitative estimate of drug-likeness (QED) is 0.631. The molecule has 0 spiro atoms. The van der Waals surface area contributed by atoms with Gasteiger partial charge in [0.2, 0.25) is 0 Å². The van der Waals surface area contributed by atoms with E-state index in [9.17, 15) is 0 Å². The van der Waals surface area contributed by atoms with Crippen molar-refractivity contribution < 1.29 is 0 Å². The van der Waals surface area contributed by atoms with Crippen LogP contribution in [0.5, 0.6) is 0 Å². The van der Waals surface area contributed by atoms with Gasteiger partial charge in [-0.05, 0) is 54.8 Å². The molecule has 3 unspecified atom stereocenters. The molecule has 0 aromatic carbocycles. The van der Waals surface area contributed by atoms with Crippen LogP contribution >= 0.6 is 20.3 Å². The van der Waals surface area contributed by atoms with Gasteiger partial charge in [-0.25, -0.2) is 4.98 Å². The molecule has 4 heterocycles. The van der Waals surface area contributed by atoms with Crippen molar-refractivity contribution in [1.82, 2.24) is 4.98 Å². The van der Waals surface area contributed by atoms with E-state index in [4.69, 9.17) is 0 Å². The van der Waals surface area contributed by atoms with Crippen LogP contribution in [0.15, 0.2) is 64.8 Å². The lowest BCUT2D eigenvalue weighted by Crippen LogP contribution is -2.19. The molecule has 3 aliphatic rings. The van der Waals surface area contributed by atoms with Crippen LogP contribution in [0.4, 0.5) is 5.82 Å². The van der Waals surface area contributed by atoms with E-state index in [0.717, 1.165) is 45.6 Å². The van der Waals surface area contributed by atoms with E-state index in [1.165, 1.54) is 23.3 Å². The zero-order valence-corrected chi connectivity index (χ0v) is 17.4. The van der Waals surface area contributed by atoms with Crippen molar-refractivity contribution in [3.8, 4) is 0 Å². The Morgan fingerprint density at radius 2 is 2.15 bits per heavy atom. The molecule has 3 atom stereocenters. The summed E-state index contributed by atoms with van der Waals surface area (Å²) in [5.74, 6) is 1.66. The fourth-order valence-corrected chi connectivity index (χ4v) is 6.83. The number of thioether (sulfide) groups is 1. The number of aliphatic imine (C=N–C) groups is 1. The molecule has 2 saturated heterocycles. The van der Waals surface area contributed by atoms with E-state index < -0.39 is 0 Å². The van der Waals surface area contributed by atoms with Crippen molar-refractivity contribution >= 4 is 38.5 Å². The first kappa shape index (κ1) is 18.7. The van der Waals surface area contributed by atoms with Gasteiger partial charge in [0, 0.05) is 47.5 Å². The Bertz CT molecular complexity index is 788. The molecule has 4 rings (SSSR count). The van der Waals surface area contributed by atoms with Gasteiger partial charge in [0.1, 0.15) is 5.82 Å². The van der Waals surface area contributed by atoms with Crippen molar-refractivity contribution in [2.75, 3.05) is 24.2 Å². The standard InChI is InChI=1S/C22H26N3PS/c1-17-16-26-22(19-7-5-11-23-15-19)27-20(17)8-4-6-18-9-10-21(24-14-18)25-12-2-3-13-25/h4-6,8-11,14-15,19,22,26H,1-3,7,12-13,16H2/b6-4+,20-8+. The van der Waals surface area contributed by atoms with Crippen LogP contribution in [0.25, 0.3) is 6.08 Å². The van der Waals surface area contributed by atoms with Crippen LogP contribution in [-0.4, -0.2) is 35.4 Å². The first-order chi connectivity index (χ1) is 13.3. The number of nitrogens with zero attached hydrogens (tertiary/aromatic N) is 3. The monoisotopic (exact) mass is 395 g/mol. The van der Waals surface area contributed by atoms with Gasteiger partial charge < -0.3 is 4.90 Å². The maximum atomic E-state index is 4.63. The molecule has 2 fully saturated rings. The van der Waals surface area contributed by atoms with Crippen LogP contribution in [0.2, 0.25) is 0 Å². The molecular formula is C22H26N3PS. The zero-order valence-electron chi connectivity index (χ0n) is 15.6. The molecule has 27 heavy (non-hydrogen) atoms. The minimum atomic E-state index is 0.557. The second kappa shape index (κ2) is 9.03. The second-order valence-corrected chi connectivity index (χ2v) is 10.1. The highest BCUT2D eigenvalue weighted by atomic mass is 32.2. The molecule has 140 valence electrons. The lowest BCUT2D eigenvalue weighted by Gasteiger charge is -2.30. The highest BCUT2D eigenvalue weighted by Crippen LogP contribution is 2.48. The van der Waals surface area contributed by atoms with E-state index >= 15 is 0 Å². The van der Waals surface area contributed by atoms with Gasteiger partial charge >= 0.3 is 0 Å². The number of hydrogen-bond donors (Lipinski definition) is 0. The molecule has 1 aromatic heterocycles. The van der Waals surface area contributed by atoms with E-state index in [0.29, 0.717) is 10.9 Å². The van der Waals surface area contributed by atoms with E-state index in [-0.39, 0.29) is 0 Å². The number of hydrogen-bond acceptors (Lipinski definition) is 4. The Hall–Kier alpha value is -1.64. The van der Waals surface area contributed by atoms with E-state index in [1.807, 2.05) is 24.2 Å². The molecule has 0 bridgehead atoms. The van der Waals surface area contributed by atoms with Crippen molar-refractivity contribution in [3.05, 3.63) is 65.4 Å². The first-order valence-corrected chi connectivity index (χ1v) is 11.8. The maximum absolute atomic E-state index is 4.63. The lowest BCUT2D eigenvalue weighted by molar-refractivity contribution is 0.776. The summed E-state index contributed by atoms with van der Waals surface area (Å²) < 4.78 is 0. The van der Waals surface area contributed by atoms with Crippen molar-refractivity contribution in [2.45, 2.75) is 24.3 Å². The Labute approximate surface area is 168 Å². The summed E-state index contributed by atoms with van der Waals surface area (Å²) in [6, 6.07) is 4.30. The predicted molar refractivity (Wildman–Crippen MR) is 122 cm³/mol. The summed E-state index contributed by atoms with van der Waals surface area (Å²) >= 11 is 1.98. The molecule has 3 aliphatic heterocycles. The fourth-order valence-electron chi connectivity index (χ4n) is 3.55. The van der Waals surface area contributed by atoms with Crippen LogP contribution in [0, 0.1) is 5.92 Å². The van der Waals surface area contributed by atoms with Gasteiger partial charge in [-0.15, -0.1) is 20.3 Å². The summed E-state index contributed by atoms with van der Waals surface area (Å²) in [6.45, 7) is 6.55. The van der Waals surface area contributed by atoms with Gasteiger partial charge in [-0.3, -0.25) is 4.99 Å². The maximum Gasteiger partial charge on any atom is 0.128 e. The van der Waals surface area contributed by atoms with Crippen molar-refractivity contribution in [3.63, 3.8) is 0 Å². The minimum absolute atomic E-state index is 0.557. The van der Waals surface area contributed by atoms with Gasteiger partial charge in [-0.2, -0.15) is 0 Å². The largest absolute Gasteiger partial charge is 0.357 e. The summed E-state index contributed by atoms with van der Waals surface area (Å²) in [6.07, 6.45) is 19.5. The third-order valence-corrected chi connectivity index (χ3v) is 8.72. The molecule has 3 nitrogen and oxygen atoms in total. The average molecular weight is 396 g/mol. The lowest BCUT2D eigenvalue weighted by atomic mass is 10.1. The number of rotatable bonds is 4. The van der Waals surface area contributed by atoms with Gasteiger partial charge in [0.15, 0.2) is 0 Å². The Morgan fingerprint density at radius 1 is 1.26 bits per heavy atom. The second-order valence-electron chi connectivity index (χ2n) is 7.14. The third kappa shape index (κ3) is 4.80. The van der Waals surface area contributed by atoms with E-state index in [1.54, 1.807) is 0 Å². The fraction of sp³-hybridized carbons (Fsp3) is 0.364. The number of pyridine rings is 1. The normalized spacial score (nSPS) is 28.1. The highest BCUT2D eigenvalue weighted by molar-refractivity contribution is 8.08. The Kier molecular flexibility index (Phi) is 6.26. The number of anilines is 1. The van der Waals surface area contributed by atoms with Gasteiger partial charge in [0.25, 0.3) is 0 Å². The highest BCUT2D eigenvalue weighted by Gasteiger charge is 2.26. The SMILES string of the molecule is C=C1CPC(C2C=NC=CC2)S/C1=C/C=C/c1ccc(N2CCCC2)nc1. The smallest absolute Gasteiger partial charge is 0.128 e. The van der Waals surface area contributed by atoms with Crippen LogP contribution in [0.1, 0.15) is 24.8 Å². The summed E-state index contributed by atoms with van der Waals surface area (Å²) in [7, 11) is 0.927. The van der Waals surface area contributed by atoms with Crippen LogP contribution in [0.3, 0.4) is 0 Å². The molecule has 0 aliphatic carbocycles. The number of allylic oxidation sites excluding steroid dienone is 4. The van der Waals surface area contributed by atoms with Gasteiger partial charge in [0.05, 0.1) is 0 Å². The predicted octanol–water partition coefficient (Wildman–Crippen LogP) is 5.49. The number of aromatic nitrogens is 1. The summed E-state index contributed by atoms with van der Waals surface area (Å²) in [5, 5.41) is 0. The first-order valence-electron chi connectivity index (χ1n) is 9.65. The molecule has 0 N–H and O–H groups in total. The average Bonchev–Trinajstić information content (AvgIpc) is 3.25. The van der Waals surface area contributed by atoms with E-state index in [2.05, 4.69) is 64.1 Å². The van der Waals surface area contributed by atoms with Crippen molar-refractivity contribution in [1.29, 1.82) is 0 Å². The Morgan fingerprint density at radius 3 is 2.89 bits per heavy atom. The zero-order chi connectivity index (χ0) is 18.5. The van der Waals surface area contributed by atoms with Crippen LogP contribution in [-0.2, 0) is 0 Å². The Balaban J connectivity index is 1.39. The summed E-state index contributed by atoms with van der Waals surface area (Å²) in [4.78, 5) is 13.3. The minimum Gasteiger partial charge on any atom is -0.357 e. The van der Waals surface area contributed by atoms with Crippen molar-refractivity contribution in [2.24, 2.45) is 10.9 Å². The molecule has 0 radical (unpaired) electrons. The molecule has 0 saturated carbocycles. The summed E-state index contributed by atoms with van der Waals surface area (Å²) in [5.41, 5.74) is 2.41. The topological polar surface area (TPSA) is 28.5 Å². The molecule has 1 aromatic rings. The van der Waals surface area contributed by atoms with Crippen LogP contribution < -0.4 is 4.90 Å². The molecule has 5 heteroatoms. The van der Waals surface area contributed by atoms with Gasteiger partial charge in [-0.1, -0.05) is 24.8 Å². The molecule has 0 amide bonds. The third-order valence-electron chi connectivity index (χ3n) is 5.12.